The van der Waals surface area contributed by atoms with Crippen LogP contribution in [-0.4, -0.2) is 54.5 Å². The topological polar surface area (TPSA) is 107 Å². The summed E-state index contributed by atoms with van der Waals surface area (Å²) in [5.41, 5.74) is 2.23. The minimum absolute atomic E-state index is 0.0874. The molecule has 4 rings (SSSR count). The summed E-state index contributed by atoms with van der Waals surface area (Å²) in [6, 6.07) is 6.33. The smallest absolute Gasteiger partial charge is 0.251 e. The zero-order valence-electron chi connectivity index (χ0n) is 14.2. The zero-order valence-corrected chi connectivity index (χ0v) is 15.1. The third-order valence-electron chi connectivity index (χ3n) is 4.89. The number of sulfonamides is 1. The molecule has 1 aromatic carbocycles. The van der Waals surface area contributed by atoms with E-state index in [1.165, 1.54) is 16.4 Å². The minimum Gasteiger partial charge on any atom is -0.348 e. The first-order chi connectivity index (χ1) is 12.5. The molecular formula is C17H21N5O3S. The molecule has 8 nitrogen and oxygen atoms in total. The SMILES string of the molecule is O=C(N[C@H]1CCNC1)c1cccc(S(=O)(=O)N2CCc3[nH]ncc3C2)c1. The van der Waals surface area contributed by atoms with Crippen LogP contribution in [0.1, 0.15) is 28.0 Å². The monoisotopic (exact) mass is 375 g/mol. The van der Waals surface area contributed by atoms with E-state index in [0.717, 1.165) is 30.8 Å². The van der Waals surface area contributed by atoms with Crippen LogP contribution in [-0.2, 0) is 23.0 Å². The molecule has 0 unspecified atom stereocenters. The zero-order chi connectivity index (χ0) is 18.1. The fourth-order valence-electron chi connectivity index (χ4n) is 3.39. The number of H-pyrrole nitrogens is 1. The Bertz CT molecular complexity index is 918. The van der Waals surface area contributed by atoms with E-state index >= 15 is 0 Å². The highest BCUT2D eigenvalue weighted by molar-refractivity contribution is 7.89. The molecule has 138 valence electrons. The molecule has 0 aliphatic carbocycles. The fourth-order valence-corrected chi connectivity index (χ4v) is 4.86. The van der Waals surface area contributed by atoms with Gasteiger partial charge in [0.2, 0.25) is 10.0 Å². The number of amides is 1. The van der Waals surface area contributed by atoms with Gasteiger partial charge in [0.25, 0.3) is 5.91 Å². The standard InChI is InChI=1S/C17H21N5O3S/c23-17(20-14-4-6-18-10-14)12-2-1-3-15(8-12)26(24,25)22-7-5-16-13(11-22)9-19-21-16/h1-3,8-9,14,18H,4-7,10-11H2,(H,19,21)(H,20,23)/t14-/m0/s1. The van der Waals surface area contributed by atoms with Crippen LogP contribution in [0.5, 0.6) is 0 Å². The van der Waals surface area contributed by atoms with Crippen LogP contribution < -0.4 is 10.6 Å². The van der Waals surface area contributed by atoms with Crippen LogP contribution in [0.25, 0.3) is 0 Å². The van der Waals surface area contributed by atoms with Gasteiger partial charge in [0, 0.05) is 48.9 Å². The molecule has 1 atom stereocenters. The first-order valence-corrected chi connectivity index (χ1v) is 10.1. The normalized spacial score (nSPS) is 20.7. The van der Waals surface area contributed by atoms with Gasteiger partial charge in [-0.1, -0.05) is 6.07 Å². The van der Waals surface area contributed by atoms with E-state index in [4.69, 9.17) is 0 Å². The molecule has 2 aromatic rings. The van der Waals surface area contributed by atoms with Crippen molar-refractivity contribution in [1.29, 1.82) is 0 Å². The number of nitrogens with zero attached hydrogens (tertiary/aromatic N) is 2. The van der Waals surface area contributed by atoms with Crippen molar-refractivity contribution >= 4 is 15.9 Å². The van der Waals surface area contributed by atoms with E-state index in [1.807, 2.05) is 0 Å². The highest BCUT2D eigenvalue weighted by Gasteiger charge is 2.29. The number of carbonyl (C=O) groups is 1. The molecule has 0 bridgehead atoms. The van der Waals surface area contributed by atoms with Gasteiger partial charge in [-0.15, -0.1) is 0 Å². The number of nitrogens with one attached hydrogen (secondary N) is 3. The summed E-state index contributed by atoms with van der Waals surface area (Å²) in [4.78, 5) is 12.6. The molecule has 1 saturated heterocycles. The van der Waals surface area contributed by atoms with Crippen LogP contribution in [0.3, 0.4) is 0 Å². The van der Waals surface area contributed by atoms with Gasteiger partial charge in [0.1, 0.15) is 0 Å². The van der Waals surface area contributed by atoms with E-state index in [0.29, 0.717) is 25.1 Å². The maximum atomic E-state index is 13.0. The van der Waals surface area contributed by atoms with Gasteiger partial charge in [0.05, 0.1) is 11.1 Å². The van der Waals surface area contributed by atoms with Crippen LogP contribution in [0, 0.1) is 0 Å². The molecule has 2 aliphatic rings. The number of hydrogen-bond donors (Lipinski definition) is 3. The summed E-state index contributed by atoms with van der Waals surface area (Å²) >= 11 is 0. The van der Waals surface area contributed by atoms with Crippen molar-refractivity contribution in [3.8, 4) is 0 Å². The van der Waals surface area contributed by atoms with Crippen LogP contribution >= 0.6 is 0 Å². The molecule has 9 heteroatoms. The van der Waals surface area contributed by atoms with Crippen molar-refractivity contribution in [2.45, 2.75) is 30.3 Å². The van der Waals surface area contributed by atoms with Crippen LogP contribution in [0.4, 0.5) is 0 Å². The number of benzene rings is 1. The molecule has 3 heterocycles. The van der Waals surface area contributed by atoms with Crippen molar-refractivity contribution in [3.05, 3.63) is 47.3 Å². The number of rotatable bonds is 4. The third-order valence-corrected chi connectivity index (χ3v) is 6.74. The van der Waals surface area contributed by atoms with Gasteiger partial charge in [-0.25, -0.2) is 8.42 Å². The molecule has 3 N–H and O–H groups in total. The predicted molar refractivity (Wildman–Crippen MR) is 95.1 cm³/mol. The van der Waals surface area contributed by atoms with E-state index in [1.54, 1.807) is 18.3 Å². The number of carbonyl (C=O) groups excluding carboxylic acids is 1. The van der Waals surface area contributed by atoms with Gasteiger partial charge in [-0.2, -0.15) is 9.40 Å². The molecule has 2 aliphatic heterocycles. The number of aromatic nitrogens is 2. The van der Waals surface area contributed by atoms with Crippen molar-refractivity contribution in [2.24, 2.45) is 0 Å². The second-order valence-corrected chi connectivity index (χ2v) is 8.59. The molecule has 0 saturated carbocycles. The Kier molecular flexibility index (Phi) is 4.51. The van der Waals surface area contributed by atoms with Gasteiger partial charge in [-0.05, 0) is 31.2 Å². The average molecular weight is 375 g/mol. The van der Waals surface area contributed by atoms with E-state index in [-0.39, 0.29) is 16.8 Å². The maximum Gasteiger partial charge on any atom is 0.251 e. The van der Waals surface area contributed by atoms with E-state index in [9.17, 15) is 13.2 Å². The van der Waals surface area contributed by atoms with Crippen molar-refractivity contribution < 1.29 is 13.2 Å². The highest BCUT2D eigenvalue weighted by Crippen LogP contribution is 2.24. The molecule has 0 spiro atoms. The fraction of sp³-hybridized carbons (Fsp3) is 0.412. The lowest BCUT2D eigenvalue weighted by Gasteiger charge is -2.26. The Morgan fingerprint density at radius 3 is 3.04 bits per heavy atom. The molecule has 1 fully saturated rings. The Labute approximate surface area is 152 Å². The quantitative estimate of drug-likeness (QED) is 0.710. The Hall–Kier alpha value is -2.23. The van der Waals surface area contributed by atoms with E-state index in [2.05, 4.69) is 20.8 Å². The second-order valence-electron chi connectivity index (χ2n) is 6.65. The number of aromatic amines is 1. The van der Waals surface area contributed by atoms with Crippen molar-refractivity contribution in [1.82, 2.24) is 25.1 Å². The largest absolute Gasteiger partial charge is 0.348 e. The van der Waals surface area contributed by atoms with Crippen molar-refractivity contribution in [2.75, 3.05) is 19.6 Å². The molecular weight excluding hydrogens is 354 g/mol. The summed E-state index contributed by atoms with van der Waals surface area (Å²) in [6.45, 7) is 2.30. The van der Waals surface area contributed by atoms with Crippen LogP contribution in [0.15, 0.2) is 35.4 Å². The Morgan fingerprint density at radius 2 is 2.23 bits per heavy atom. The van der Waals surface area contributed by atoms with Gasteiger partial charge < -0.3 is 10.6 Å². The van der Waals surface area contributed by atoms with Gasteiger partial charge in [0.15, 0.2) is 0 Å². The van der Waals surface area contributed by atoms with Crippen LogP contribution in [0.2, 0.25) is 0 Å². The lowest BCUT2D eigenvalue weighted by atomic mass is 10.1. The molecule has 26 heavy (non-hydrogen) atoms. The summed E-state index contributed by atoms with van der Waals surface area (Å²) in [5, 5.41) is 13.0. The molecule has 1 aromatic heterocycles. The highest BCUT2D eigenvalue weighted by atomic mass is 32.2. The summed E-state index contributed by atoms with van der Waals surface area (Å²) in [7, 11) is -3.67. The first-order valence-electron chi connectivity index (χ1n) is 8.67. The Morgan fingerprint density at radius 1 is 1.35 bits per heavy atom. The van der Waals surface area contributed by atoms with Crippen molar-refractivity contribution in [3.63, 3.8) is 0 Å². The maximum absolute atomic E-state index is 13.0. The van der Waals surface area contributed by atoms with Gasteiger partial charge >= 0.3 is 0 Å². The number of fused-ring (bicyclic) bond motifs is 1. The van der Waals surface area contributed by atoms with E-state index < -0.39 is 10.0 Å². The lowest BCUT2D eigenvalue weighted by molar-refractivity contribution is 0.0940. The minimum atomic E-state index is -3.67. The summed E-state index contributed by atoms with van der Waals surface area (Å²) < 4.78 is 27.4. The summed E-state index contributed by atoms with van der Waals surface area (Å²) in [6.07, 6.45) is 3.14. The lowest BCUT2D eigenvalue weighted by Crippen LogP contribution is -2.37. The Balaban J connectivity index is 1.54. The predicted octanol–water partition coefficient (Wildman–Crippen LogP) is 0.248. The van der Waals surface area contributed by atoms with Gasteiger partial charge in [-0.3, -0.25) is 9.89 Å². The number of hydrogen-bond acceptors (Lipinski definition) is 5. The third kappa shape index (κ3) is 3.25. The average Bonchev–Trinajstić information content (AvgIpc) is 3.32. The molecule has 1 amide bonds. The second kappa shape index (κ2) is 6.82. The first kappa shape index (κ1) is 17.2. The molecule has 0 radical (unpaired) electrons. The summed E-state index contributed by atoms with van der Waals surface area (Å²) in [5.74, 6) is -0.244.